The molecule has 3 rings (SSSR count). The highest BCUT2D eigenvalue weighted by molar-refractivity contribution is 6.04. The molecule has 0 aromatic heterocycles. The Balaban J connectivity index is 1.74. The van der Waals surface area contributed by atoms with Gasteiger partial charge in [-0.2, -0.15) is 0 Å². The van der Waals surface area contributed by atoms with E-state index in [9.17, 15) is 14.7 Å². The number of ether oxygens (including phenoxy) is 2. The number of anilines is 2. The monoisotopic (exact) mass is 356 g/mol. The fraction of sp³-hybridized carbons (Fsp3) is 0.263. The highest BCUT2D eigenvalue weighted by atomic mass is 16.5. The molecule has 0 aliphatic carbocycles. The van der Waals surface area contributed by atoms with Crippen molar-refractivity contribution < 1.29 is 24.2 Å². The molecule has 7 heteroatoms. The van der Waals surface area contributed by atoms with Crippen LogP contribution in [0.15, 0.2) is 42.5 Å². The molecule has 0 radical (unpaired) electrons. The van der Waals surface area contributed by atoms with Crippen molar-refractivity contribution in [2.75, 3.05) is 31.0 Å². The Hall–Kier alpha value is -3.22. The summed E-state index contributed by atoms with van der Waals surface area (Å²) in [6.45, 7) is 0.269. The minimum absolute atomic E-state index is 0.122. The summed E-state index contributed by atoms with van der Waals surface area (Å²) >= 11 is 0. The van der Waals surface area contributed by atoms with E-state index in [1.54, 1.807) is 42.3 Å². The van der Waals surface area contributed by atoms with Crippen LogP contribution in [0.4, 0.5) is 11.4 Å². The zero-order valence-electron chi connectivity index (χ0n) is 14.6. The minimum atomic E-state index is -0.469. The van der Waals surface area contributed by atoms with E-state index in [-0.39, 0.29) is 30.5 Å². The summed E-state index contributed by atoms with van der Waals surface area (Å²) in [6, 6.07) is 11.4. The van der Waals surface area contributed by atoms with Crippen LogP contribution in [0.3, 0.4) is 0 Å². The maximum Gasteiger partial charge on any atom is 0.229 e. The van der Waals surface area contributed by atoms with E-state index in [1.807, 2.05) is 0 Å². The first kappa shape index (κ1) is 17.6. The molecule has 1 heterocycles. The quantitative estimate of drug-likeness (QED) is 0.803. The fourth-order valence-corrected chi connectivity index (χ4v) is 2.91. The average molecular weight is 356 g/mol. The van der Waals surface area contributed by atoms with Crippen molar-refractivity contribution in [2.45, 2.75) is 6.42 Å². The second kappa shape index (κ2) is 7.35. The Morgan fingerprint density at radius 3 is 2.54 bits per heavy atom. The molecule has 2 aromatic rings. The van der Waals surface area contributed by atoms with Crippen LogP contribution in [-0.2, 0) is 9.59 Å². The van der Waals surface area contributed by atoms with Crippen LogP contribution in [0.2, 0.25) is 0 Å². The normalized spacial score (nSPS) is 16.5. The number of nitrogens with zero attached hydrogens (tertiary/aromatic N) is 1. The van der Waals surface area contributed by atoms with Gasteiger partial charge in [-0.15, -0.1) is 0 Å². The number of nitrogens with one attached hydrogen (secondary N) is 1. The summed E-state index contributed by atoms with van der Waals surface area (Å²) in [5, 5.41) is 12.1. The lowest BCUT2D eigenvalue weighted by atomic mass is 10.1. The molecule has 1 aliphatic heterocycles. The number of hydrogen-bond donors (Lipinski definition) is 2. The van der Waals surface area contributed by atoms with Gasteiger partial charge in [-0.05, 0) is 36.4 Å². The molecule has 2 aromatic carbocycles. The van der Waals surface area contributed by atoms with Crippen LogP contribution in [-0.4, -0.2) is 37.7 Å². The number of benzene rings is 2. The average Bonchev–Trinajstić information content (AvgIpc) is 3.04. The zero-order valence-corrected chi connectivity index (χ0v) is 14.6. The Bertz CT molecular complexity index is 819. The highest BCUT2D eigenvalue weighted by Gasteiger charge is 2.36. The summed E-state index contributed by atoms with van der Waals surface area (Å²) in [7, 11) is 3.08. The van der Waals surface area contributed by atoms with Crippen molar-refractivity contribution in [1.29, 1.82) is 0 Å². The lowest BCUT2D eigenvalue weighted by Crippen LogP contribution is -2.28. The Labute approximate surface area is 151 Å². The van der Waals surface area contributed by atoms with Gasteiger partial charge in [0.1, 0.15) is 17.2 Å². The fourth-order valence-electron chi connectivity index (χ4n) is 2.91. The molecular formula is C19H20N2O5. The van der Waals surface area contributed by atoms with Crippen molar-refractivity contribution in [3.8, 4) is 17.2 Å². The van der Waals surface area contributed by atoms with Gasteiger partial charge in [-0.3, -0.25) is 9.59 Å². The van der Waals surface area contributed by atoms with Crippen LogP contribution in [0.5, 0.6) is 17.2 Å². The van der Waals surface area contributed by atoms with Crippen molar-refractivity contribution in [3.63, 3.8) is 0 Å². The number of amides is 2. The maximum atomic E-state index is 12.5. The molecule has 1 atom stereocenters. The maximum absolute atomic E-state index is 12.5. The number of carbonyl (C=O) groups excluding carboxylic acids is 2. The predicted molar refractivity (Wildman–Crippen MR) is 96.7 cm³/mol. The summed E-state index contributed by atoms with van der Waals surface area (Å²) in [4.78, 5) is 26.5. The summed E-state index contributed by atoms with van der Waals surface area (Å²) in [6.07, 6.45) is 0.124. The molecule has 7 nitrogen and oxygen atoms in total. The first-order chi connectivity index (χ1) is 12.5. The molecule has 1 saturated heterocycles. The number of rotatable bonds is 5. The van der Waals surface area contributed by atoms with Crippen LogP contribution in [0, 0.1) is 5.92 Å². The van der Waals surface area contributed by atoms with E-state index in [4.69, 9.17) is 9.47 Å². The van der Waals surface area contributed by atoms with Gasteiger partial charge < -0.3 is 24.8 Å². The first-order valence-corrected chi connectivity index (χ1v) is 8.14. The van der Waals surface area contributed by atoms with Gasteiger partial charge in [0, 0.05) is 24.7 Å². The van der Waals surface area contributed by atoms with E-state index >= 15 is 0 Å². The lowest BCUT2D eigenvalue weighted by molar-refractivity contribution is -0.122. The van der Waals surface area contributed by atoms with E-state index < -0.39 is 5.92 Å². The van der Waals surface area contributed by atoms with E-state index in [0.29, 0.717) is 22.9 Å². The number of carbonyl (C=O) groups is 2. The van der Waals surface area contributed by atoms with Crippen LogP contribution >= 0.6 is 0 Å². The smallest absolute Gasteiger partial charge is 0.229 e. The van der Waals surface area contributed by atoms with Crippen LogP contribution in [0.25, 0.3) is 0 Å². The molecule has 0 saturated carbocycles. The van der Waals surface area contributed by atoms with Gasteiger partial charge in [0.05, 0.1) is 25.8 Å². The van der Waals surface area contributed by atoms with Gasteiger partial charge in [-0.25, -0.2) is 0 Å². The molecule has 26 heavy (non-hydrogen) atoms. The first-order valence-electron chi connectivity index (χ1n) is 8.14. The topological polar surface area (TPSA) is 88.1 Å². The van der Waals surface area contributed by atoms with E-state index in [0.717, 1.165) is 0 Å². The number of phenolic OH excluding ortho intramolecular Hbond substituents is 1. The number of methoxy groups -OCH3 is 2. The third-order valence-electron chi connectivity index (χ3n) is 4.31. The third kappa shape index (κ3) is 3.56. The molecule has 2 N–H and O–H groups in total. The van der Waals surface area contributed by atoms with Gasteiger partial charge in [0.15, 0.2) is 0 Å². The largest absolute Gasteiger partial charge is 0.508 e. The van der Waals surface area contributed by atoms with Gasteiger partial charge in [0.2, 0.25) is 11.8 Å². The molecule has 0 bridgehead atoms. The Morgan fingerprint density at radius 2 is 1.88 bits per heavy atom. The third-order valence-corrected chi connectivity index (χ3v) is 4.31. The molecule has 136 valence electrons. The molecule has 0 spiro atoms. The van der Waals surface area contributed by atoms with Crippen molar-refractivity contribution in [2.24, 2.45) is 5.92 Å². The molecule has 1 aliphatic rings. The zero-order chi connectivity index (χ0) is 18.7. The van der Waals surface area contributed by atoms with Crippen molar-refractivity contribution in [3.05, 3.63) is 42.5 Å². The number of hydrogen-bond acceptors (Lipinski definition) is 5. The standard InChI is InChI=1S/C19H20N2O5/c1-25-15-7-8-16(17(10-15)26-2)21-11-12(9-18(21)23)19(24)20-13-3-5-14(22)6-4-13/h3-8,10,12,22H,9,11H2,1-2H3,(H,20,24)/t12-/m0/s1. The summed E-state index contributed by atoms with van der Waals surface area (Å²) < 4.78 is 10.5. The van der Waals surface area contributed by atoms with Crippen molar-refractivity contribution >= 4 is 23.2 Å². The highest BCUT2D eigenvalue weighted by Crippen LogP contribution is 2.36. The molecule has 2 amide bonds. The second-order valence-corrected chi connectivity index (χ2v) is 5.98. The number of aromatic hydroxyl groups is 1. The Morgan fingerprint density at radius 1 is 1.15 bits per heavy atom. The van der Waals surface area contributed by atoms with E-state index in [1.165, 1.54) is 19.2 Å². The van der Waals surface area contributed by atoms with E-state index in [2.05, 4.69) is 5.32 Å². The van der Waals surface area contributed by atoms with Crippen LogP contribution < -0.4 is 19.7 Å². The molecule has 1 fully saturated rings. The summed E-state index contributed by atoms with van der Waals surface area (Å²) in [5.74, 6) is 0.412. The lowest BCUT2D eigenvalue weighted by Gasteiger charge is -2.20. The molecular weight excluding hydrogens is 336 g/mol. The second-order valence-electron chi connectivity index (χ2n) is 5.98. The predicted octanol–water partition coefficient (Wildman–Crippen LogP) is 2.40. The number of phenols is 1. The van der Waals surface area contributed by atoms with Gasteiger partial charge in [0.25, 0.3) is 0 Å². The minimum Gasteiger partial charge on any atom is -0.508 e. The van der Waals surface area contributed by atoms with Gasteiger partial charge >= 0.3 is 0 Å². The Kier molecular flexibility index (Phi) is 4.97. The van der Waals surface area contributed by atoms with Gasteiger partial charge in [-0.1, -0.05) is 0 Å². The van der Waals surface area contributed by atoms with Crippen molar-refractivity contribution in [1.82, 2.24) is 0 Å². The SMILES string of the molecule is COc1ccc(N2C[C@@H](C(=O)Nc3ccc(O)cc3)CC2=O)c(OC)c1. The summed E-state index contributed by atoms with van der Waals surface area (Å²) in [5.41, 5.74) is 1.18. The van der Waals surface area contributed by atoms with Crippen LogP contribution in [0.1, 0.15) is 6.42 Å². The molecule has 0 unspecified atom stereocenters.